The third-order valence-corrected chi connectivity index (χ3v) is 3.90. The van der Waals surface area contributed by atoms with Gasteiger partial charge in [0, 0.05) is 11.8 Å². The Morgan fingerprint density at radius 2 is 1.83 bits per heavy atom. The first-order valence-corrected chi connectivity index (χ1v) is 7.44. The third-order valence-electron chi connectivity index (χ3n) is 3.90. The number of benzene rings is 1. The summed E-state index contributed by atoms with van der Waals surface area (Å²) in [5, 5.41) is 0. The number of fused-ring (bicyclic) bond motifs is 1. The van der Waals surface area contributed by atoms with Crippen LogP contribution in [0.3, 0.4) is 0 Å². The van der Waals surface area contributed by atoms with E-state index in [0.717, 1.165) is 5.56 Å². The molecule has 0 bridgehead atoms. The summed E-state index contributed by atoms with van der Waals surface area (Å²) in [6, 6.07) is 12.2. The van der Waals surface area contributed by atoms with E-state index >= 15 is 0 Å². The van der Waals surface area contributed by atoms with Crippen LogP contribution in [-0.2, 0) is 4.74 Å². The van der Waals surface area contributed by atoms with E-state index in [1.807, 2.05) is 19.1 Å². The molecule has 1 aromatic carbocycles. The summed E-state index contributed by atoms with van der Waals surface area (Å²) in [6.07, 6.45) is 1.78. The summed E-state index contributed by atoms with van der Waals surface area (Å²) >= 11 is 0. The lowest BCUT2D eigenvalue weighted by Crippen LogP contribution is -2.05. The van der Waals surface area contributed by atoms with Crippen molar-refractivity contribution in [2.24, 2.45) is 0 Å². The molecule has 0 saturated carbocycles. The number of carbonyl (C=O) groups is 2. The van der Waals surface area contributed by atoms with Crippen LogP contribution >= 0.6 is 0 Å². The molecule has 0 N–H and O–H groups in total. The first kappa shape index (κ1) is 15.8. The standard InChI is InChI=1S/C19H17NO4/c1-12-7-8-20-16(9-12)15(19(22)24-3)11-17(20)18(21)13-5-4-6-14(10-13)23-2/h4-11H,1-3H3. The van der Waals surface area contributed by atoms with Gasteiger partial charge in [-0.2, -0.15) is 0 Å². The number of ketones is 1. The Morgan fingerprint density at radius 3 is 2.54 bits per heavy atom. The van der Waals surface area contributed by atoms with Gasteiger partial charge in [-0.15, -0.1) is 0 Å². The zero-order valence-electron chi connectivity index (χ0n) is 13.7. The summed E-state index contributed by atoms with van der Waals surface area (Å²) < 4.78 is 11.7. The van der Waals surface area contributed by atoms with E-state index in [1.165, 1.54) is 7.11 Å². The number of nitrogens with zero attached hydrogens (tertiary/aromatic N) is 1. The highest BCUT2D eigenvalue weighted by Crippen LogP contribution is 2.23. The Hall–Kier alpha value is -3.08. The smallest absolute Gasteiger partial charge is 0.340 e. The Labute approximate surface area is 139 Å². The van der Waals surface area contributed by atoms with Crippen LogP contribution in [0.2, 0.25) is 0 Å². The monoisotopic (exact) mass is 323 g/mol. The number of aryl methyl sites for hydroxylation is 1. The Bertz CT molecular complexity index is 940. The van der Waals surface area contributed by atoms with Gasteiger partial charge in [0.1, 0.15) is 5.75 Å². The minimum absolute atomic E-state index is 0.192. The van der Waals surface area contributed by atoms with Gasteiger partial charge in [0.2, 0.25) is 5.78 Å². The molecular formula is C19H17NO4. The summed E-state index contributed by atoms with van der Waals surface area (Å²) in [7, 11) is 2.87. The molecular weight excluding hydrogens is 306 g/mol. The molecule has 0 aliphatic carbocycles. The molecule has 3 aromatic rings. The van der Waals surface area contributed by atoms with Crippen molar-refractivity contribution in [1.29, 1.82) is 0 Å². The van der Waals surface area contributed by atoms with E-state index in [4.69, 9.17) is 9.47 Å². The Morgan fingerprint density at radius 1 is 1.04 bits per heavy atom. The number of hydrogen-bond acceptors (Lipinski definition) is 4. The zero-order valence-corrected chi connectivity index (χ0v) is 13.7. The molecule has 0 atom stereocenters. The van der Waals surface area contributed by atoms with Crippen LogP contribution in [0.4, 0.5) is 0 Å². The number of carbonyl (C=O) groups excluding carboxylic acids is 2. The largest absolute Gasteiger partial charge is 0.497 e. The number of ether oxygens (including phenoxy) is 2. The quantitative estimate of drug-likeness (QED) is 0.546. The molecule has 0 aliphatic rings. The molecule has 0 radical (unpaired) electrons. The molecule has 0 amide bonds. The maximum absolute atomic E-state index is 12.9. The second kappa shape index (κ2) is 6.20. The molecule has 0 fully saturated rings. The maximum atomic E-state index is 12.9. The van der Waals surface area contributed by atoms with E-state index < -0.39 is 5.97 Å². The van der Waals surface area contributed by atoms with Crippen molar-refractivity contribution in [1.82, 2.24) is 4.40 Å². The summed E-state index contributed by atoms with van der Waals surface area (Å²) in [4.78, 5) is 25.0. The fourth-order valence-electron chi connectivity index (χ4n) is 2.66. The molecule has 0 aliphatic heterocycles. The topological polar surface area (TPSA) is 57.0 Å². The van der Waals surface area contributed by atoms with Gasteiger partial charge in [-0.3, -0.25) is 4.79 Å². The molecule has 0 spiro atoms. The Kier molecular flexibility index (Phi) is 4.08. The fraction of sp³-hybridized carbons (Fsp3) is 0.158. The molecule has 0 saturated heterocycles. The van der Waals surface area contributed by atoms with Crippen molar-refractivity contribution in [3.8, 4) is 5.75 Å². The summed E-state index contributed by atoms with van der Waals surface area (Å²) in [5.74, 6) is -0.0588. The van der Waals surface area contributed by atoms with Crippen LogP contribution in [-0.4, -0.2) is 30.4 Å². The molecule has 5 nitrogen and oxygen atoms in total. The average Bonchev–Trinajstić information content (AvgIpc) is 2.99. The van der Waals surface area contributed by atoms with Crippen LogP contribution in [0.5, 0.6) is 5.75 Å². The Balaban J connectivity index is 2.18. The fourth-order valence-corrected chi connectivity index (χ4v) is 2.66. The number of aromatic nitrogens is 1. The molecule has 3 rings (SSSR count). The van der Waals surface area contributed by atoms with E-state index in [2.05, 4.69) is 0 Å². The van der Waals surface area contributed by atoms with Gasteiger partial charge in [0.25, 0.3) is 0 Å². The highest BCUT2D eigenvalue weighted by molar-refractivity contribution is 6.11. The molecule has 122 valence electrons. The molecule has 2 aromatic heterocycles. The lowest BCUT2D eigenvalue weighted by molar-refractivity contribution is 0.0603. The number of hydrogen-bond donors (Lipinski definition) is 0. The van der Waals surface area contributed by atoms with Crippen molar-refractivity contribution in [3.63, 3.8) is 0 Å². The van der Waals surface area contributed by atoms with Crippen molar-refractivity contribution in [2.75, 3.05) is 14.2 Å². The van der Waals surface area contributed by atoms with Gasteiger partial charge >= 0.3 is 5.97 Å². The SMILES string of the molecule is COC(=O)c1cc(C(=O)c2cccc(OC)c2)n2ccc(C)cc12. The first-order chi connectivity index (χ1) is 11.5. The van der Waals surface area contributed by atoms with Gasteiger partial charge < -0.3 is 13.9 Å². The minimum atomic E-state index is -0.470. The van der Waals surface area contributed by atoms with Crippen LogP contribution < -0.4 is 4.74 Å². The highest BCUT2D eigenvalue weighted by atomic mass is 16.5. The van der Waals surface area contributed by atoms with Crippen LogP contribution in [0.1, 0.15) is 32.0 Å². The van der Waals surface area contributed by atoms with Gasteiger partial charge in [0.05, 0.1) is 31.0 Å². The molecule has 2 heterocycles. The van der Waals surface area contributed by atoms with Crippen molar-refractivity contribution < 1.29 is 19.1 Å². The van der Waals surface area contributed by atoms with E-state index in [1.54, 1.807) is 48.0 Å². The molecule has 5 heteroatoms. The summed E-state index contributed by atoms with van der Waals surface area (Å²) in [5.41, 5.74) is 2.90. The lowest BCUT2D eigenvalue weighted by Gasteiger charge is -2.05. The molecule has 0 unspecified atom stereocenters. The minimum Gasteiger partial charge on any atom is -0.497 e. The first-order valence-electron chi connectivity index (χ1n) is 7.44. The summed E-state index contributed by atoms with van der Waals surface area (Å²) in [6.45, 7) is 1.93. The highest BCUT2D eigenvalue weighted by Gasteiger charge is 2.21. The zero-order chi connectivity index (χ0) is 17.3. The van der Waals surface area contributed by atoms with Gasteiger partial charge in [-0.1, -0.05) is 12.1 Å². The normalized spacial score (nSPS) is 10.6. The van der Waals surface area contributed by atoms with Crippen LogP contribution in [0.15, 0.2) is 48.7 Å². The van der Waals surface area contributed by atoms with E-state index in [0.29, 0.717) is 28.1 Å². The van der Waals surface area contributed by atoms with Gasteiger partial charge in [0.15, 0.2) is 0 Å². The number of methoxy groups -OCH3 is 2. The van der Waals surface area contributed by atoms with Crippen molar-refractivity contribution in [2.45, 2.75) is 6.92 Å². The van der Waals surface area contributed by atoms with Crippen molar-refractivity contribution in [3.05, 3.63) is 71.0 Å². The predicted molar refractivity (Wildman–Crippen MR) is 89.9 cm³/mol. The second-order valence-corrected chi connectivity index (χ2v) is 5.46. The van der Waals surface area contributed by atoms with Gasteiger partial charge in [-0.25, -0.2) is 4.79 Å². The number of pyridine rings is 1. The second-order valence-electron chi connectivity index (χ2n) is 5.46. The lowest BCUT2D eigenvalue weighted by atomic mass is 10.1. The van der Waals surface area contributed by atoms with Gasteiger partial charge in [-0.05, 0) is 42.8 Å². The predicted octanol–water partition coefficient (Wildman–Crippen LogP) is 3.27. The number of rotatable bonds is 4. The van der Waals surface area contributed by atoms with Crippen LogP contribution in [0, 0.1) is 6.92 Å². The molecule has 24 heavy (non-hydrogen) atoms. The van der Waals surface area contributed by atoms with E-state index in [-0.39, 0.29) is 5.78 Å². The van der Waals surface area contributed by atoms with E-state index in [9.17, 15) is 9.59 Å². The maximum Gasteiger partial charge on any atom is 0.340 e. The number of esters is 1. The van der Waals surface area contributed by atoms with Crippen molar-refractivity contribution >= 4 is 17.3 Å². The third kappa shape index (κ3) is 2.65. The average molecular weight is 323 g/mol. The van der Waals surface area contributed by atoms with Crippen LogP contribution in [0.25, 0.3) is 5.52 Å².